The van der Waals surface area contributed by atoms with Crippen LogP contribution in [0.15, 0.2) is 24.3 Å². The van der Waals surface area contributed by atoms with E-state index in [0.717, 1.165) is 0 Å². The van der Waals surface area contributed by atoms with E-state index in [1.165, 1.54) is 12.1 Å². The molecule has 0 aliphatic rings. The van der Waals surface area contributed by atoms with Gasteiger partial charge in [0.1, 0.15) is 0 Å². The molecule has 17 heavy (non-hydrogen) atoms. The minimum absolute atomic E-state index is 0.0414. The van der Waals surface area contributed by atoms with Crippen LogP contribution in [-0.4, -0.2) is 30.3 Å². The molecular formula is C12H16FNO3. The quantitative estimate of drug-likeness (QED) is 0.784. The predicted molar refractivity (Wildman–Crippen MR) is 61.2 cm³/mol. The smallest absolute Gasteiger partial charge is 0.258 e. The average Bonchev–Trinajstić information content (AvgIpc) is 2.35. The van der Waals surface area contributed by atoms with Crippen LogP contribution in [0.25, 0.3) is 0 Å². The van der Waals surface area contributed by atoms with Crippen molar-refractivity contribution in [1.82, 2.24) is 5.32 Å². The number of aliphatic hydroxyl groups excluding tert-OH is 1. The topological polar surface area (TPSA) is 58.6 Å². The van der Waals surface area contributed by atoms with Crippen LogP contribution < -0.4 is 10.1 Å². The van der Waals surface area contributed by atoms with Gasteiger partial charge >= 0.3 is 0 Å². The number of hydrogen-bond donors (Lipinski definition) is 2. The van der Waals surface area contributed by atoms with Gasteiger partial charge in [-0.25, -0.2) is 4.39 Å². The van der Waals surface area contributed by atoms with Crippen LogP contribution in [0.5, 0.6) is 5.75 Å². The monoisotopic (exact) mass is 241 g/mol. The fourth-order valence-electron chi connectivity index (χ4n) is 1.25. The predicted octanol–water partition coefficient (Wildman–Crippen LogP) is 1.09. The van der Waals surface area contributed by atoms with Gasteiger partial charge in [-0.2, -0.15) is 0 Å². The van der Waals surface area contributed by atoms with Crippen LogP contribution in [0.1, 0.15) is 13.3 Å². The second kappa shape index (κ2) is 6.85. The molecule has 0 aromatic heterocycles. The molecule has 1 aromatic carbocycles. The molecular weight excluding hydrogens is 225 g/mol. The second-order valence-electron chi connectivity index (χ2n) is 3.57. The summed E-state index contributed by atoms with van der Waals surface area (Å²) in [6.07, 6.45) is 0.627. The van der Waals surface area contributed by atoms with Gasteiger partial charge in [-0.15, -0.1) is 0 Å². The summed E-state index contributed by atoms with van der Waals surface area (Å²) in [7, 11) is 0. The van der Waals surface area contributed by atoms with Crippen molar-refractivity contribution >= 4 is 5.91 Å². The number of rotatable bonds is 6. The Kier molecular flexibility index (Phi) is 5.42. The van der Waals surface area contributed by atoms with E-state index in [9.17, 15) is 9.18 Å². The van der Waals surface area contributed by atoms with Crippen molar-refractivity contribution in [2.45, 2.75) is 19.4 Å². The standard InChI is InChI=1S/C12H16FNO3/c1-2-9(7-15)14-12(16)8-17-11-6-4-3-5-10(11)13/h3-6,9,15H,2,7-8H2,1H3,(H,14,16)/t9-/m0/s1. The molecule has 1 rings (SSSR count). The highest BCUT2D eigenvalue weighted by atomic mass is 19.1. The van der Waals surface area contributed by atoms with Crippen molar-refractivity contribution in [3.8, 4) is 5.75 Å². The van der Waals surface area contributed by atoms with Crippen molar-refractivity contribution in [3.05, 3.63) is 30.1 Å². The van der Waals surface area contributed by atoms with Crippen molar-refractivity contribution in [2.75, 3.05) is 13.2 Å². The number of halogens is 1. The highest BCUT2D eigenvalue weighted by Gasteiger charge is 2.10. The molecule has 0 unspecified atom stereocenters. The Morgan fingerprint density at radius 1 is 1.53 bits per heavy atom. The first-order valence-electron chi connectivity index (χ1n) is 5.45. The molecule has 0 saturated carbocycles. The lowest BCUT2D eigenvalue weighted by Crippen LogP contribution is -2.39. The maximum atomic E-state index is 13.1. The minimum atomic E-state index is -0.505. The summed E-state index contributed by atoms with van der Waals surface area (Å²) in [6, 6.07) is 5.59. The summed E-state index contributed by atoms with van der Waals surface area (Å²) in [4.78, 5) is 11.4. The summed E-state index contributed by atoms with van der Waals surface area (Å²) in [5, 5.41) is 11.5. The van der Waals surface area contributed by atoms with Crippen molar-refractivity contribution in [1.29, 1.82) is 0 Å². The first-order chi connectivity index (χ1) is 8.17. The number of carbonyl (C=O) groups excluding carboxylic acids is 1. The van der Waals surface area contributed by atoms with Crippen LogP contribution in [0.3, 0.4) is 0 Å². The van der Waals surface area contributed by atoms with Crippen molar-refractivity contribution in [2.24, 2.45) is 0 Å². The molecule has 0 bridgehead atoms. The molecule has 2 N–H and O–H groups in total. The fraction of sp³-hybridized carbons (Fsp3) is 0.417. The van der Waals surface area contributed by atoms with Gasteiger partial charge in [-0.3, -0.25) is 4.79 Å². The van der Waals surface area contributed by atoms with E-state index in [-0.39, 0.29) is 30.9 Å². The zero-order valence-corrected chi connectivity index (χ0v) is 9.65. The lowest BCUT2D eigenvalue weighted by molar-refractivity contribution is -0.124. The molecule has 0 heterocycles. The number of nitrogens with one attached hydrogen (secondary N) is 1. The van der Waals surface area contributed by atoms with Gasteiger partial charge in [0, 0.05) is 0 Å². The molecule has 94 valence electrons. The van der Waals surface area contributed by atoms with E-state index in [4.69, 9.17) is 9.84 Å². The Morgan fingerprint density at radius 2 is 2.24 bits per heavy atom. The van der Waals surface area contributed by atoms with E-state index in [2.05, 4.69) is 5.32 Å². The zero-order chi connectivity index (χ0) is 12.7. The molecule has 0 aliphatic heterocycles. The lowest BCUT2D eigenvalue weighted by Gasteiger charge is -2.14. The van der Waals surface area contributed by atoms with Gasteiger partial charge in [0.25, 0.3) is 5.91 Å². The summed E-state index contributed by atoms with van der Waals surface area (Å²) in [5.41, 5.74) is 0. The largest absolute Gasteiger partial charge is 0.481 e. The summed E-state index contributed by atoms with van der Waals surface area (Å²) in [6.45, 7) is 1.46. The van der Waals surface area contributed by atoms with E-state index in [1.54, 1.807) is 12.1 Å². The van der Waals surface area contributed by atoms with Crippen LogP contribution in [0.2, 0.25) is 0 Å². The zero-order valence-electron chi connectivity index (χ0n) is 9.65. The third kappa shape index (κ3) is 4.40. The summed E-state index contributed by atoms with van der Waals surface area (Å²) < 4.78 is 18.2. The van der Waals surface area contributed by atoms with Gasteiger partial charge in [-0.05, 0) is 18.6 Å². The SMILES string of the molecule is CC[C@@H](CO)NC(=O)COc1ccccc1F. The van der Waals surface area contributed by atoms with Gasteiger partial charge in [0.05, 0.1) is 12.6 Å². The van der Waals surface area contributed by atoms with Crippen LogP contribution >= 0.6 is 0 Å². The molecule has 1 aromatic rings. The third-order valence-corrected chi connectivity index (χ3v) is 2.27. The normalized spacial score (nSPS) is 11.9. The van der Waals surface area contributed by atoms with Gasteiger partial charge in [0.2, 0.25) is 0 Å². The molecule has 0 aliphatic carbocycles. The number of hydrogen-bond acceptors (Lipinski definition) is 3. The number of benzene rings is 1. The molecule has 0 spiro atoms. The highest BCUT2D eigenvalue weighted by molar-refractivity contribution is 5.77. The van der Waals surface area contributed by atoms with Gasteiger partial charge < -0.3 is 15.2 Å². The average molecular weight is 241 g/mol. The van der Waals surface area contributed by atoms with Crippen molar-refractivity contribution in [3.63, 3.8) is 0 Å². The third-order valence-electron chi connectivity index (χ3n) is 2.27. The molecule has 0 fully saturated rings. The second-order valence-corrected chi connectivity index (χ2v) is 3.57. The highest BCUT2D eigenvalue weighted by Crippen LogP contribution is 2.14. The Labute approximate surface area is 99.4 Å². The number of amides is 1. The molecule has 0 radical (unpaired) electrons. The van der Waals surface area contributed by atoms with Crippen molar-refractivity contribution < 1.29 is 19.0 Å². The first kappa shape index (κ1) is 13.4. The van der Waals surface area contributed by atoms with E-state index >= 15 is 0 Å². The number of carbonyl (C=O) groups is 1. The Hall–Kier alpha value is -1.62. The van der Waals surface area contributed by atoms with E-state index in [1.807, 2.05) is 6.92 Å². The Bertz CT molecular complexity index is 367. The minimum Gasteiger partial charge on any atom is -0.481 e. The number of ether oxygens (including phenoxy) is 1. The molecule has 0 saturated heterocycles. The molecule has 5 heteroatoms. The van der Waals surface area contributed by atoms with Crippen LogP contribution in [0.4, 0.5) is 4.39 Å². The van der Waals surface area contributed by atoms with Gasteiger partial charge in [-0.1, -0.05) is 19.1 Å². The Morgan fingerprint density at radius 3 is 2.82 bits per heavy atom. The molecule has 1 amide bonds. The first-order valence-corrected chi connectivity index (χ1v) is 5.45. The molecule has 4 nitrogen and oxygen atoms in total. The summed E-state index contributed by atoms with van der Waals surface area (Å²) >= 11 is 0. The van der Waals surface area contributed by atoms with E-state index < -0.39 is 5.82 Å². The van der Waals surface area contributed by atoms with Crippen LogP contribution in [0, 0.1) is 5.82 Å². The number of aliphatic hydroxyl groups is 1. The molecule has 1 atom stereocenters. The summed E-state index contributed by atoms with van der Waals surface area (Å²) in [5.74, 6) is -0.844. The van der Waals surface area contributed by atoms with Gasteiger partial charge in [0.15, 0.2) is 18.2 Å². The fourth-order valence-corrected chi connectivity index (χ4v) is 1.25. The Balaban J connectivity index is 2.41. The maximum absolute atomic E-state index is 13.1. The van der Waals surface area contributed by atoms with Crippen LogP contribution in [-0.2, 0) is 4.79 Å². The maximum Gasteiger partial charge on any atom is 0.258 e. The lowest BCUT2D eigenvalue weighted by atomic mass is 10.2. The van der Waals surface area contributed by atoms with E-state index in [0.29, 0.717) is 6.42 Å². The number of para-hydroxylation sites is 1.